The number of piperidine rings is 1. The van der Waals surface area contributed by atoms with Crippen LogP contribution in [0.3, 0.4) is 0 Å². The molecule has 1 heterocycles. The third-order valence-electron chi connectivity index (χ3n) is 3.30. The van der Waals surface area contributed by atoms with Gasteiger partial charge in [-0.25, -0.2) is 0 Å². The number of phenols is 1. The topological polar surface area (TPSA) is 32.3 Å². The van der Waals surface area contributed by atoms with Crippen LogP contribution in [0.4, 0.5) is 13.2 Å². The molecule has 0 saturated carbocycles. The summed E-state index contributed by atoms with van der Waals surface area (Å²) in [5.74, 6) is -0.627. The van der Waals surface area contributed by atoms with Gasteiger partial charge in [-0.2, -0.15) is 13.2 Å². The molecule has 1 saturated heterocycles. The molecule has 18 heavy (non-hydrogen) atoms. The smallest absolute Gasteiger partial charge is 0.419 e. The maximum Gasteiger partial charge on any atom is 0.419 e. The monoisotopic (exact) mass is 259 g/mol. The summed E-state index contributed by atoms with van der Waals surface area (Å²) in [6.07, 6.45) is -0.937. The Labute approximate surface area is 104 Å². The number of para-hydroxylation sites is 1. The second-order valence-electron chi connectivity index (χ2n) is 4.66. The van der Waals surface area contributed by atoms with Crippen molar-refractivity contribution in [1.29, 1.82) is 0 Å². The van der Waals surface area contributed by atoms with Crippen LogP contribution in [-0.4, -0.2) is 17.7 Å². The molecule has 1 aliphatic heterocycles. The molecule has 2 rings (SSSR count). The second kappa shape index (κ2) is 5.18. The molecule has 0 radical (unpaired) electrons. The van der Waals surface area contributed by atoms with Crippen LogP contribution in [0.5, 0.6) is 5.75 Å². The number of hydrogen-bond acceptors (Lipinski definition) is 2. The molecular weight excluding hydrogens is 243 g/mol. The highest BCUT2D eigenvalue weighted by atomic mass is 19.4. The lowest BCUT2D eigenvalue weighted by Gasteiger charge is -2.24. The Morgan fingerprint density at radius 1 is 1.28 bits per heavy atom. The van der Waals surface area contributed by atoms with Gasteiger partial charge >= 0.3 is 6.18 Å². The van der Waals surface area contributed by atoms with Gasteiger partial charge in [0.05, 0.1) is 5.56 Å². The standard InChI is InChI=1S/C13H16F3NO/c14-13(15,16)11-6-3-4-9(12(11)18)8-10-5-1-2-7-17-10/h3-4,6,10,17-18H,1-2,5,7-8H2. The molecule has 0 bridgehead atoms. The van der Waals surface area contributed by atoms with Crippen molar-refractivity contribution in [2.24, 2.45) is 0 Å². The van der Waals surface area contributed by atoms with Crippen LogP contribution in [0.25, 0.3) is 0 Å². The van der Waals surface area contributed by atoms with Crippen molar-refractivity contribution in [1.82, 2.24) is 5.32 Å². The number of halogens is 3. The second-order valence-corrected chi connectivity index (χ2v) is 4.66. The summed E-state index contributed by atoms with van der Waals surface area (Å²) in [6.45, 7) is 0.893. The molecule has 0 aliphatic carbocycles. The fourth-order valence-electron chi connectivity index (χ4n) is 2.35. The number of aromatic hydroxyl groups is 1. The molecule has 1 aromatic rings. The first-order valence-corrected chi connectivity index (χ1v) is 6.10. The maximum absolute atomic E-state index is 12.6. The summed E-state index contributed by atoms with van der Waals surface area (Å²) in [4.78, 5) is 0. The molecule has 2 nitrogen and oxygen atoms in total. The Bertz CT molecular complexity index is 411. The quantitative estimate of drug-likeness (QED) is 0.855. The summed E-state index contributed by atoms with van der Waals surface area (Å²) in [5.41, 5.74) is -0.583. The first-order chi connectivity index (χ1) is 8.48. The number of nitrogens with one attached hydrogen (secondary N) is 1. The summed E-state index contributed by atoms with van der Waals surface area (Å²) < 4.78 is 37.9. The zero-order chi connectivity index (χ0) is 13.2. The predicted octanol–water partition coefficient (Wildman–Crippen LogP) is 3.10. The molecule has 2 N–H and O–H groups in total. The van der Waals surface area contributed by atoms with E-state index < -0.39 is 17.5 Å². The van der Waals surface area contributed by atoms with Gasteiger partial charge in [0.1, 0.15) is 5.75 Å². The lowest BCUT2D eigenvalue weighted by atomic mass is 9.96. The van der Waals surface area contributed by atoms with Crippen molar-refractivity contribution in [2.45, 2.75) is 37.9 Å². The van der Waals surface area contributed by atoms with E-state index >= 15 is 0 Å². The Kier molecular flexibility index (Phi) is 3.80. The number of phenolic OH excluding ortho intramolecular Hbond substituents is 1. The summed E-state index contributed by atoms with van der Waals surface area (Å²) in [7, 11) is 0. The average Bonchev–Trinajstić information content (AvgIpc) is 2.32. The molecule has 1 unspecified atom stereocenters. The van der Waals surface area contributed by atoms with Crippen molar-refractivity contribution in [3.05, 3.63) is 29.3 Å². The third-order valence-corrected chi connectivity index (χ3v) is 3.30. The zero-order valence-corrected chi connectivity index (χ0v) is 9.93. The van der Waals surface area contributed by atoms with Crippen molar-refractivity contribution in [3.8, 4) is 5.75 Å². The Hall–Kier alpha value is -1.23. The number of rotatable bonds is 2. The van der Waals surface area contributed by atoms with Crippen molar-refractivity contribution < 1.29 is 18.3 Å². The number of hydrogen-bond donors (Lipinski definition) is 2. The molecule has 100 valence electrons. The minimum Gasteiger partial charge on any atom is -0.507 e. The van der Waals surface area contributed by atoms with Gasteiger partial charge in [-0.1, -0.05) is 18.6 Å². The van der Waals surface area contributed by atoms with Crippen LogP contribution < -0.4 is 5.32 Å². The maximum atomic E-state index is 12.6. The highest BCUT2D eigenvalue weighted by molar-refractivity contribution is 5.42. The van der Waals surface area contributed by atoms with Gasteiger partial charge in [-0.05, 0) is 37.4 Å². The van der Waals surface area contributed by atoms with Crippen LogP contribution in [0.15, 0.2) is 18.2 Å². The van der Waals surface area contributed by atoms with E-state index in [0.717, 1.165) is 31.9 Å². The summed E-state index contributed by atoms with van der Waals surface area (Å²) in [5, 5.41) is 13.0. The summed E-state index contributed by atoms with van der Waals surface area (Å²) in [6, 6.07) is 3.97. The van der Waals surface area contributed by atoms with Crippen LogP contribution >= 0.6 is 0 Å². The molecule has 1 fully saturated rings. The van der Waals surface area contributed by atoms with Gasteiger partial charge in [-0.15, -0.1) is 0 Å². The van der Waals surface area contributed by atoms with Crippen molar-refractivity contribution >= 4 is 0 Å². The minimum absolute atomic E-state index is 0.160. The molecule has 0 amide bonds. The molecule has 0 aromatic heterocycles. The van der Waals surface area contributed by atoms with Crippen LogP contribution in [0.1, 0.15) is 30.4 Å². The van der Waals surface area contributed by atoms with E-state index in [1.54, 1.807) is 6.07 Å². The lowest BCUT2D eigenvalue weighted by molar-refractivity contribution is -0.138. The molecule has 1 aliphatic rings. The van der Waals surface area contributed by atoms with E-state index in [1.165, 1.54) is 6.07 Å². The minimum atomic E-state index is -4.50. The molecule has 1 aromatic carbocycles. The predicted molar refractivity (Wildman–Crippen MR) is 62.5 cm³/mol. The Morgan fingerprint density at radius 2 is 2.06 bits per heavy atom. The largest absolute Gasteiger partial charge is 0.507 e. The number of alkyl halides is 3. The van der Waals surface area contributed by atoms with E-state index in [2.05, 4.69) is 5.32 Å². The van der Waals surface area contributed by atoms with Gasteiger partial charge in [-0.3, -0.25) is 0 Å². The Balaban J connectivity index is 2.18. The molecular formula is C13H16F3NO. The van der Waals surface area contributed by atoms with Crippen LogP contribution in [0, 0.1) is 0 Å². The first-order valence-electron chi connectivity index (χ1n) is 6.10. The van der Waals surface area contributed by atoms with E-state index in [9.17, 15) is 18.3 Å². The van der Waals surface area contributed by atoms with E-state index in [-0.39, 0.29) is 6.04 Å². The summed E-state index contributed by atoms with van der Waals surface area (Å²) >= 11 is 0. The van der Waals surface area contributed by atoms with Crippen molar-refractivity contribution in [3.63, 3.8) is 0 Å². The van der Waals surface area contributed by atoms with Crippen LogP contribution in [-0.2, 0) is 12.6 Å². The van der Waals surface area contributed by atoms with Crippen molar-refractivity contribution in [2.75, 3.05) is 6.54 Å². The highest BCUT2D eigenvalue weighted by Crippen LogP contribution is 2.37. The SMILES string of the molecule is Oc1c(CC2CCCCN2)cccc1C(F)(F)F. The fraction of sp³-hybridized carbons (Fsp3) is 0.538. The fourth-order valence-corrected chi connectivity index (χ4v) is 2.35. The van der Waals surface area contributed by atoms with E-state index in [4.69, 9.17) is 0 Å². The van der Waals surface area contributed by atoms with E-state index in [0.29, 0.717) is 12.0 Å². The highest BCUT2D eigenvalue weighted by Gasteiger charge is 2.34. The Morgan fingerprint density at radius 3 is 2.67 bits per heavy atom. The van der Waals surface area contributed by atoms with Gasteiger partial charge < -0.3 is 10.4 Å². The lowest BCUT2D eigenvalue weighted by Crippen LogP contribution is -2.35. The molecule has 0 spiro atoms. The van der Waals surface area contributed by atoms with Gasteiger partial charge in [0.2, 0.25) is 0 Å². The first kappa shape index (κ1) is 13.2. The van der Waals surface area contributed by atoms with Gasteiger partial charge in [0, 0.05) is 6.04 Å². The molecule has 1 atom stereocenters. The normalized spacial score (nSPS) is 20.9. The van der Waals surface area contributed by atoms with Gasteiger partial charge in [0.25, 0.3) is 0 Å². The molecule has 5 heteroatoms. The van der Waals surface area contributed by atoms with Crippen LogP contribution in [0.2, 0.25) is 0 Å². The van der Waals surface area contributed by atoms with Gasteiger partial charge in [0.15, 0.2) is 0 Å². The third kappa shape index (κ3) is 2.96. The average molecular weight is 259 g/mol. The van der Waals surface area contributed by atoms with E-state index in [1.807, 2.05) is 0 Å². The zero-order valence-electron chi connectivity index (χ0n) is 9.93. The number of benzene rings is 1.